The molecule has 2 heteroatoms. The van der Waals surface area contributed by atoms with Crippen LogP contribution in [0.1, 0.15) is 35.8 Å². The maximum atomic E-state index is 11.4. The lowest BCUT2D eigenvalue weighted by molar-refractivity contribution is 0.0981. The van der Waals surface area contributed by atoms with Crippen LogP contribution < -0.4 is 0 Å². The van der Waals surface area contributed by atoms with E-state index in [-0.39, 0.29) is 5.78 Å². The van der Waals surface area contributed by atoms with Gasteiger partial charge in [-0.2, -0.15) is 0 Å². The molecule has 0 unspecified atom stereocenters. The summed E-state index contributed by atoms with van der Waals surface area (Å²) in [6.07, 6.45) is 3.21. The van der Waals surface area contributed by atoms with Crippen molar-refractivity contribution in [3.05, 3.63) is 29.6 Å². The van der Waals surface area contributed by atoms with Crippen LogP contribution in [-0.4, -0.2) is 10.8 Å². The standard InChI is InChI=1S/C10H13NO/c1-3-4-10(12)9-5-6-11-8(2)7-9/h5-7H,3-4H2,1-2H3. The number of aromatic nitrogens is 1. The summed E-state index contributed by atoms with van der Waals surface area (Å²) in [4.78, 5) is 15.4. The molecule has 0 fully saturated rings. The van der Waals surface area contributed by atoms with Gasteiger partial charge in [-0.25, -0.2) is 0 Å². The van der Waals surface area contributed by atoms with E-state index in [4.69, 9.17) is 0 Å². The molecule has 12 heavy (non-hydrogen) atoms. The lowest BCUT2D eigenvalue weighted by atomic mass is 10.1. The van der Waals surface area contributed by atoms with E-state index in [0.717, 1.165) is 17.7 Å². The summed E-state index contributed by atoms with van der Waals surface area (Å²) in [5, 5.41) is 0. The van der Waals surface area contributed by atoms with Gasteiger partial charge in [0.1, 0.15) is 0 Å². The maximum absolute atomic E-state index is 11.4. The van der Waals surface area contributed by atoms with Crippen LogP contribution in [0.2, 0.25) is 0 Å². The van der Waals surface area contributed by atoms with Crippen LogP contribution in [0.3, 0.4) is 0 Å². The molecule has 1 rings (SSSR count). The van der Waals surface area contributed by atoms with Gasteiger partial charge in [-0.1, -0.05) is 6.92 Å². The van der Waals surface area contributed by atoms with Gasteiger partial charge in [0, 0.05) is 23.9 Å². The summed E-state index contributed by atoms with van der Waals surface area (Å²) in [6.45, 7) is 3.90. The van der Waals surface area contributed by atoms with E-state index in [0.29, 0.717) is 6.42 Å². The maximum Gasteiger partial charge on any atom is 0.162 e. The van der Waals surface area contributed by atoms with Gasteiger partial charge in [-0.15, -0.1) is 0 Å². The van der Waals surface area contributed by atoms with Gasteiger partial charge in [0.15, 0.2) is 5.78 Å². The topological polar surface area (TPSA) is 30.0 Å². The molecule has 0 saturated carbocycles. The minimum absolute atomic E-state index is 0.211. The summed E-state index contributed by atoms with van der Waals surface area (Å²) >= 11 is 0. The highest BCUT2D eigenvalue weighted by atomic mass is 16.1. The van der Waals surface area contributed by atoms with Crippen molar-refractivity contribution in [1.29, 1.82) is 0 Å². The summed E-state index contributed by atoms with van der Waals surface area (Å²) in [5.74, 6) is 0.211. The first-order chi connectivity index (χ1) is 5.74. The second-order valence-electron chi connectivity index (χ2n) is 2.86. The predicted octanol–water partition coefficient (Wildman–Crippen LogP) is 2.37. The minimum Gasteiger partial charge on any atom is -0.294 e. The molecule has 0 spiro atoms. The van der Waals surface area contributed by atoms with Crippen molar-refractivity contribution in [3.8, 4) is 0 Å². The van der Waals surface area contributed by atoms with Crippen LogP contribution >= 0.6 is 0 Å². The van der Waals surface area contributed by atoms with Crippen molar-refractivity contribution in [3.63, 3.8) is 0 Å². The number of aryl methyl sites for hydroxylation is 1. The number of ketones is 1. The van der Waals surface area contributed by atoms with Gasteiger partial charge >= 0.3 is 0 Å². The van der Waals surface area contributed by atoms with Crippen molar-refractivity contribution in [2.45, 2.75) is 26.7 Å². The summed E-state index contributed by atoms with van der Waals surface area (Å²) in [5.41, 5.74) is 1.68. The monoisotopic (exact) mass is 163 g/mol. The van der Waals surface area contributed by atoms with E-state index >= 15 is 0 Å². The zero-order valence-corrected chi connectivity index (χ0v) is 7.50. The van der Waals surface area contributed by atoms with Crippen molar-refractivity contribution < 1.29 is 4.79 Å². The van der Waals surface area contributed by atoms with Crippen molar-refractivity contribution in [2.75, 3.05) is 0 Å². The van der Waals surface area contributed by atoms with Crippen molar-refractivity contribution in [1.82, 2.24) is 4.98 Å². The molecule has 64 valence electrons. The fourth-order valence-electron chi connectivity index (χ4n) is 1.09. The Labute approximate surface area is 72.6 Å². The number of carbonyl (C=O) groups is 1. The Bertz CT molecular complexity index is 281. The van der Waals surface area contributed by atoms with Crippen LogP contribution in [0.5, 0.6) is 0 Å². The average Bonchev–Trinajstić information content (AvgIpc) is 2.05. The van der Waals surface area contributed by atoms with Crippen LogP contribution in [0.25, 0.3) is 0 Å². The molecule has 0 aliphatic rings. The van der Waals surface area contributed by atoms with Gasteiger partial charge in [-0.3, -0.25) is 9.78 Å². The Balaban J connectivity index is 2.81. The summed E-state index contributed by atoms with van der Waals surface area (Å²) in [7, 11) is 0. The quantitative estimate of drug-likeness (QED) is 0.640. The highest BCUT2D eigenvalue weighted by molar-refractivity contribution is 5.95. The van der Waals surface area contributed by atoms with Crippen LogP contribution in [0, 0.1) is 6.92 Å². The fraction of sp³-hybridized carbons (Fsp3) is 0.400. The average molecular weight is 163 g/mol. The lowest BCUT2D eigenvalue weighted by Gasteiger charge is -1.98. The molecule has 2 nitrogen and oxygen atoms in total. The van der Waals surface area contributed by atoms with Gasteiger partial charge in [0.2, 0.25) is 0 Å². The Morgan fingerprint density at radius 1 is 1.58 bits per heavy atom. The molecule has 0 aliphatic carbocycles. The molecule has 0 bridgehead atoms. The molecule has 0 radical (unpaired) electrons. The third-order valence-electron chi connectivity index (χ3n) is 1.70. The van der Waals surface area contributed by atoms with E-state index in [1.807, 2.05) is 19.9 Å². The van der Waals surface area contributed by atoms with E-state index in [1.165, 1.54) is 0 Å². The van der Waals surface area contributed by atoms with E-state index < -0.39 is 0 Å². The number of pyridine rings is 1. The van der Waals surface area contributed by atoms with Crippen molar-refractivity contribution >= 4 is 5.78 Å². The molecule has 0 amide bonds. The largest absolute Gasteiger partial charge is 0.294 e. The molecule has 1 aromatic rings. The summed E-state index contributed by atoms with van der Waals surface area (Å²) in [6, 6.07) is 3.60. The van der Waals surface area contributed by atoms with Gasteiger partial charge in [0.05, 0.1) is 0 Å². The second-order valence-corrected chi connectivity index (χ2v) is 2.86. The number of carbonyl (C=O) groups excluding carboxylic acids is 1. The van der Waals surface area contributed by atoms with Gasteiger partial charge in [0.25, 0.3) is 0 Å². The van der Waals surface area contributed by atoms with Crippen LogP contribution in [-0.2, 0) is 0 Å². The molecular formula is C10H13NO. The first kappa shape index (κ1) is 8.91. The SMILES string of the molecule is CCCC(=O)c1ccnc(C)c1. The molecule has 1 heterocycles. The number of nitrogens with zero attached hydrogens (tertiary/aromatic N) is 1. The molecule has 1 aromatic heterocycles. The minimum atomic E-state index is 0.211. The predicted molar refractivity (Wildman–Crippen MR) is 48.2 cm³/mol. The number of hydrogen-bond donors (Lipinski definition) is 0. The Kier molecular flexibility index (Phi) is 2.97. The van der Waals surface area contributed by atoms with Crippen molar-refractivity contribution in [2.24, 2.45) is 0 Å². The van der Waals surface area contributed by atoms with E-state index in [9.17, 15) is 4.79 Å². The first-order valence-corrected chi connectivity index (χ1v) is 4.20. The Hall–Kier alpha value is -1.18. The molecule has 0 aromatic carbocycles. The number of Topliss-reactive ketones (excluding diaryl/α,β-unsaturated/α-hetero) is 1. The number of hydrogen-bond acceptors (Lipinski definition) is 2. The smallest absolute Gasteiger partial charge is 0.162 e. The Morgan fingerprint density at radius 2 is 2.33 bits per heavy atom. The second kappa shape index (κ2) is 4.00. The highest BCUT2D eigenvalue weighted by Gasteiger charge is 2.03. The van der Waals surface area contributed by atoms with E-state index in [2.05, 4.69) is 4.98 Å². The zero-order valence-electron chi connectivity index (χ0n) is 7.50. The molecular weight excluding hydrogens is 150 g/mol. The van der Waals surface area contributed by atoms with Crippen LogP contribution in [0.4, 0.5) is 0 Å². The lowest BCUT2D eigenvalue weighted by Crippen LogP contribution is -1.98. The van der Waals surface area contributed by atoms with Gasteiger partial charge < -0.3 is 0 Å². The Morgan fingerprint density at radius 3 is 2.92 bits per heavy atom. The third-order valence-corrected chi connectivity index (χ3v) is 1.70. The number of rotatable bonds is 3. The first-order valence-electron chi connectivity index (χ1n) is 4.20. The molecule has 0 saturated heterocycles. The normalized spacial score (nSPS) is 9.83. The van der Waals surface area contributed by atoms with Gasteiger partial charge in [-0.05, 0) is 25.5 Å². The summed E-state index contributed by atoms with van der Waals surface area (Å²) < 4.78 is 0. The van der Waals surface area contributed by atoms with E-state index in [1.54, 1.807) is 12.3 Å². The third kappa shape index (κ3) is 2.16. The fourth-order valence-corrected chi connectivity index (χ4v) is 1.09. The molecule has 0 atom stereocenters. The highest BCUT2D eigenvalue weighted by Crippen LogP contribution is 2.05. The molecule has 0 aliphatic heterocycles. The zero-order chi connectivity index (χ0) is 8.97. The van der Waals surface area contributed by atoms with Crippen LogP contribution in [0.15, 0.2) is 18.3 Å². The molecule has 0 N–H and O–H groups in total.